The summed E-state index contributed by atoms with van der Waals surface area (Å²) in [5.74, 6) is 0.602. The molecule has 1 heterocycles. The van der Waals surface area contributed by atoms with Crippen molar-refractivity contribution in [1.29, 1.82) is 0 Å². The zero-order valence-corrected chi connectivity index (χ0v) is 11.4. The van der Waals surface area contributed by atoms with Crippen molar-refractivity contribution in [1.82, 2.24) is 0 Å². The lowest BCUT2D eigenvalue weighted by atomic mass is 10.0. The normalized spacial score (nSPS) is 19.7. The molecule has 17 heavy (non-hydrogen) atoms. The lowest BCUT2D eigenvalue weighted by molar-refractivity contribution is -0.0276. The summed E-state index contributed by atoms with van der Waals surface area (Å²) in [5, 5.41) is 0. The Balaban J connectivity index is 2.12. The number of benzene rings is 1. The minimum Gasteiger partial charge on any atom is -0.372 e. The van der Waals surface area contributed by atoms with Crippen molar-refractivity contribution in [3.8, 4) is 0 Å². The summed E-state index contributed by atoms with van der Waals surface area (Å²) in [7, 11) is 0. The molecular weight excluding hydrogens is 210 g/mol. The molecule has 0 aliphatic carbocycles. The SMILES string of the molecule is CC(C)c1ccc(N2CCOC(C)(C)C2)cc1. The van der Waals surface area contributed by atoms with Crippen molar-refractivity contribution < 1.29 is 4.74 Å². The third kappa shape index (κ3) is 3.01. The van der Waals surface area contributed by atoms with E-state index in [1.165, 1.54) is 11.3 Å². The van der Waals surface area contributed by atoms with Gasteiger partial charge in [0.1, 0.15) is 0 Å². The van der Waals surface area contributed by atoms with Crippen LogP contribution in [0, 0.1) is 0 Å². The molecule has 1 aromatic rings. The molecule has 0 spiro atoms. The van der Waals surface area contributed by atoms with Gasteiger partial charge in [-0.2, -0.15) is 0 Å². The molecule has 1 aliphatic rings. The summed E-state index contributed by atoms with van der Waals surface area (Å²) < 4.78 is 5.74. The molecule has 2 rings (SSSR count). The second-order valence-corrected chi connectivity index (χ2v) is 5.78. The lowest BCUT2D eigenvalue weighted by Crippen LogP contribution is -2.48. The van der Waals surface area contributed by atoms with Crippen LogP contribution in [-0.4, -0.2) is 25.3 Å². The zero-order valence-electron chi connectivity index (χ0n) is 11.4. The van der Waals surface area contributed by atoms with Gasteiger partial charge in [-0.3, -0.25) is 0 Å². The van der Waals surface area contributed by atoms with Gasteiger partial charge >= 0.3 is 0 Å². The van der Waals surface area contributed by atoms with Crippen LogP contribution in [0.4, 0.5) is 5.69 Å². The summed E-state index contributed by atoms with van der Waals surface area (Å²) in [6, 6.07) is 8.94. The average molecular weight is 233 g/mol. The molecule has 0 unspecified atom stereocenters. The average Bonchev–Trinajstić information content (AvgIpc) is 2.28. The molecule has 0 N–H and O–H groups in total. The van der Waals surface area contributed by atoms with Crippen LogP contribution in [0.15, 0.2) is 24.3 Å². The van der Waals surface area contributed by atoms with E-state index < -0.39 is 0 Å². The molecule has 0 radical (unpaired) electrons. The maximum Gasteiger partial charge on any atom is 0.0801 e. The summed E-state index contributed by atoms with van der Waals surface area (Å²) in [6.45, 7) is 11.5. The van der Waals surface area contributed by atoms with Crippen molar-refractivity contribution in [2.45, 2.75) is 39.2 Å². The van der Waals surface area contributed by atoms with Gasteiger partial charge in [0.15, 0.2) is 0 Å². The van der Waals surface area contributed by atoms with Gasteiger partial charge in [0.05, 0.1) is 12.2 Å². The van der Waals surface area contributed by atoms with Crippen molar-refractivity contribution in [2.75, 3.05) is 24.6 Å². The topological polar surface area (TPSA) is 12.5 Å². The fourth-order valence-electron chi connectivity index (χ4n) is 2.31. The highest BCUT2D eigenvalue weighted by Gasteiger charge is 2.27. The third-order valence-electron chi connectivity index (χ3n) is 3.35. The van der Waals surface area contributed by atoms with Gasteiger partial charge in [-0.1, -0.05) is 26.0 Å². The monoisotopic (exact) mass is 233 g/mol. The summed E-state index contributed by atoms with van der Waals surface area (Å²) in [4.78, 5) is 2.41. The number of anilines is 1. The van der Waals surface area contributed by atoms with Crippen LogP contribution in [0.3, 0.4) is 0 Å². The van der Waals surface area contributed by atoms with Crippen molar-refractivity contribution in [3.63, 3.8) is 0 Å². The maximum atomic E-state index is 5.74. The second kappa shape index (κ2) is 4.69. The highest BCUT2D eigenvalue weighted by Crippen LogP contribution is 2.24. The Bertz CT molecular complexity index is 367. The van der Waals surface area contributed by atoms with Gasteiger partial charge in [0.25, 0.3) is 0 Å². The first-order valence-corrected chi connectivity index (χ1v) is 6.47. The number of rotatable bonds is 2. The number of ether oxygens (including phenoxy) is 1. The molecule has 0 bridgehead atoms. The van der Waals surface area contributed by atoms with Crippen LogP contribution in [0.5, 0.6) is 0 Å². The van der Waals surface area contributed by atoms with Crippen LogP contribution >= 0.6 is 0 Å². The lowest BCUT2D eigenvalue weighted by Gasteiger charge is -2.39. The number of hydrogen-bond acceptors (Lipinski definition) is 2. The largest absolute Gasteiger partial charge is 0.372 e. The molecule has 2 nitrogen and oxygen atoms in total. The molecule has 1 fully saturated rings. The van der Waals surface area contributed by atoms with E-state index in [4.69, 9.17) is 4.74 Å². The predicted octanol–water partition coefficient (Wildman–Crippen LogP) is 3.43. The van der Waals surface area contributed by atoms with Crippen molar-refractivity contribution >= 4 is 5.69 Å². The molecule has 2 heteroatoms. The van der Waals surface area contributed by atoms with Gasteiger partial charge in [0, 0.05) is 18.8 Å². The summed E-state index contributed by atoms with van der Waals surface area (Å²) >= 11 is 0. The smallest absolute Gasteiger partial charge is 0.0801 e. The highest BCUT2D eigenvalue weighted by molar-refractivity contribution is 5.48. The number of hydrogen-bond donors (Lipinski definition) is 0. The fourth-order valence-corrected chi connectivity index (χ4v) is 2.31. The molecule has 0 amide bonds. The van der Waals surface area contributed by atoms with Gasteiger partial charge in [-0.05, 0) is 37.5 Å². The van der Waals surface area contributed by atoms with Gasteiger partial charge in [-0.15, -0.1) is 0 Å². The van der Waals surface area contributed by atoms with Crippen molar-refractivity contribution in [2.24, 2.45) is 0 Å². The van der Waals surface area contributed by atoms with Crippen LogP contribution in [0.2, 0.25) is 0 Å². The van der Waals surface area contributed by atoms with E-state index in [9.17, 15) is 0 Å². The van der Waals surface area contributed by atoms with Crippen molar-refractivity contribution in [3.05, 3.63) is 29.8 Å². The molecule has 1 aromatic carbocycles. The quantitative estimate of drug-likeness (QED) is 0.776. The standard InChI is InChI=1S/C15H23NO/c1-12(2)13-5-7-14(8-6-13)16-9-10-17-15(3,4)11-16/h5-8,12H,9-11H2,1-4H3. The molecule has 1 saturated heterocycles. The molecule has 1 aliphatic heterocycles. The first kappa shape index (κ1) is 12.4. The Labute approximate surface area is 105 Å². The number of morpholine rings is 1. The Kier molecular flexibility index (Phi) is 3.43. The Morgan fingerprint density at radius 1 is 1.18 bits per heavy atom. The van der Waals surface area contributed by atoms with Crippen LogP contribution in [0.1, 0.15) is 39.2 Å². The fraction of sp³-hybridized carbons (Fsp3) is 0.600. The van der Waals surface area contributed by atoms with E-state index in [0.29, 0.717) is 5.92 Å². The Morgan fingerprint density at radius 2 is 1.82 bits per heavy atom. The van der Waals surface area contributed by atoms with E-state index in [2.05, 4.69) is 56.9 Å². The van der Waals surface area contributed by atoms with E-state index in [1.807, 2.05) is 0 Å². The highest BCUT2D eigenvalue weighted by atomic mass is 16.5. The Morgan fingerprint density at radius 3 is 2.35 bits per heavy atom. The van der Waals surface area contributed by atoms with E-state index >= 15 is 0 Å². The number of nitrogens with zero attached hydrogens (tertiary/aromatic N) is 1. The molecule has 0 atom stereocenters. The first-order chi connectivity index (χ1) is 7.98. The third-order valence-corrected chi connectivity index (χ3v) is 3.35. The van der Waals surface area contributed by atoms with Gasteiger partial charge < -0.3 is 9.64 Å². The molecule has 94 valence electrons. The van der Waals surface area contributed by atoms with E-state index in [-0.39, 0.29) is 5.60 Å². The van der Waals surface area contributed by atoms with E-state index in [0.717, 1.165) is 19.7 Å². The molecular formula is C15H23NO. The first-order valence-electron chi connectivity index (χ1n) is 6.47. The minimum atomic E-state index is -0.0328. The second-order valence-electron chi connectivity index (χ2n) is 5.78. The minimum absolute atomic E-state index is 0.0328. The zero-order chi connectivity index (χ0) is 12.5. The van der Waals surface area contributed by atoms with Crippen LogP contribution in [0.25, 0.3) is 0 Å². The van der Waals surface area contributed by atoms with Gasteiger partial charge in [-0.25, -0.2) is 0 Å². The van der Waals surface area contributed by atoms with Crippen LogP contribution in [-0.2, 0) is 4.74 Å². The summed E-state index contributed by atoms with van der Waals surface area (Å²) in [6.07, 6.45) is 0. The Hall–Kier alpha value is -1.02. The van der Waals surface area contributed by atoms with Gasteiger partial charge in [0.2, 0.25) is 0 Å². The van der Waals surface area contributed by atoms with E-state index in [1.54, 1.807) is 0 Å². The molecule has 0 aromatic heterocycles. The van der Waals surface area contributed by atoms with Crippen LogP contribution < -0.4 is 4.90 Å². The summed E-state index contributed by atoms with van der Waals surface area (Å²) in [5.41, 5.74) is 2.68. The maximum absolute atomic E-state index is 5.74. The predicted molar refractivity (Wildman–Crippen MR) is 72.8 cm³/mol. The molecule has 0 saturated carbocycles.